The molecule has 1 aliphatic heterocycles. The van der Waals surface area contributed by atoms with E-state index in [2.05, 4.69) is 45.0 Å². The average molecular weight is 297 g/mol. The summed E-state index contributed by atoms with van der Waals surface area (Å²) in [7, 11) is 0. The maximum Gasteiger partial charge on any atom is 0.161 e. The highest BCUT2D eigenvalue weighted by molar-refractivity contribution is 5.46. The molecule has 0 amide bonds. The Morgan fingerprint density at radius 3 is 2.09 bits per heavy atom. The summed E-state index contributed by atoms with van der Waals surface area (Å²) in [4.78, 5) is 0. The molecule has 0 saturated heterocycles. The van der Waals surface area contributed by atoms with E-state index in [1.54, 1.807) is 0 Å². The lowest BCUT2D eigenvalue weighted by Crippen LogP contribution is -2.17. The fraction of sp³-hybridized carbons (Fsp3) is 0.368. The van der Waals surface area contributed by atoms with Crippen molar-refractivity contribution in [2.24, 2.45) is 5.73 Å². The van der Waals surface area contributed by atoms with Gasteiger partial charge in [0.1, 0.15) is 13.2 Å². The van der Waals surface area contributed by atoms with Crippen LogP contribution in [-0.2, 0) is 5.41 Å². The van der Waals surface area contributed by atoms with Crippen LogP contribution in [0, 0.1) is 0 Å². The minimum atomic E-state index is -0.162. The molecule has 0 radical (unpaired) electrons. The Labute approximate surface area is 132 Å². The molecule has 0 spiro atoms. The molecule has 3 heteroatoms. The van der Waals surface area contributed by atoms with Crippen LogP contribution in [0.4, 0.5) is 0 Å². The molecule has 0 fully saturated rings. The minimum absolute atomic E-state index is 0.152. The van der Waals surface area contributed by atoms with Crippen molar-refractivity contribution >= 4 is 0 Å². The molecule has 116 valence electrons. The third-order valence-corrected chi connectivity index (χ3v) is 4.06. The van der Waals surface area contributed by atoms with Gasteiger partial charge < -0.3 is 15.2 Å². The van der Waals surface area contributed by atoms with Gasteiger partial charge in [-0.1, -0.05) is 51.1 Å². The van der Waals surface area contributed by atoms with Crippen LogP contribution in [0.5, 0.6) is 11.5 Å². The second kappa shape index (κ2) is 5.65. The van der Waals surface area contributed by atoms with E-state index in [1.807, 2.05) is 18.2 Å². The fourth-order valence-corrected chi connectivity index (χ4v) is 2.64. The molecule has 0 aromatic heterocycles. The van der Waals surface area contributed by atoms with Gasteiger partial charge in [-0.05, 0) is 34.2 Å². The monoisotopic (exact) mass is 297 g/mol. The summed E-state index contributed by atoms with van der Waals surface area (Å²) in [6.07, 6.45) is 0. The van der Waals surface area contributed by atoms with Crippen LogP contribution in [0.2, 0.25) is 0 Å². The van der Waals surface area contributed by atoms with E-state index >= 15 is 0 Å². The molecular weight excluding hydrogens is 274 g/mol. The summed E-state index contributed by atoms with van der Waals surface area (Å²) in [6.45, 7) is 7.83. The Kier molecular flexibility index (Phi) is 3.83. The molecule has 1 aliphatic rings. The highest BCUT2D eigenvalue weighted by Gasteiger charge is 2.17. The molecular formula is C19H23NO2. The molecule has 0 bridgehead atoms. The lowest BCUT2D eigenvalue weighted by molar-refractivity contribution is 0.171. The largest absolute Gasteiger partial charge is 0.486 e. The molecule has 3 nitrogen and oxygen atoms in total. The SMILES string of the molecule is CC(C)(C)c1ccc(C(N)c2ccc3c(c2)OCCO3)cc1. The van der Waals surface area contributed by atoms with E-state index in [0.717, 1.165) is 22.6 Å². The number of hydrogen-bond donors (Lipinski definition) is 1. The van der Waals surface area contributed by atoms with Crippen molar-refractivity contribution < 1.29 is 9.47 Å². The predicted octanol–water partition coefficient (Wildman–Crippen LogP) is 3.80. The standard InChI is InChI=1S/C19H23NO2/c1-19(2,3)15-7-4-13(5-8-15)18(20)14-6-9-16-17(12-14)22-11-10-21-16/h4-9,12,18H,10-11,20H2,1-3H3. The van der Waals surface area contributed by atoms with Crippen molar-refractivity contribution in [1.82, 2.24) is 0 Å². The van der Waals surface area contributed by atoms with Crippen molar-refractivity contribution in [2.45, 2.75) is 32.2 Å². The van der Waals surface area contributed by atoms with E-state index < -0.39 is 0 Å². The molecule has 2 N–H and O–H groups in total. The van der Waals surface area contributed by atoms with Gasteiger partial charge in [0.2, 0.25) is 0 Å². The van der Waals surface area contributed by atoms with Crippen LogP contribution in [0.15, 0.2) is 42.5 Å². The maximum atomic E-state index is 6.41. The number of hydrogen-bond acceptors (Lipinski definition) is 3. The molecule has 22 heavy (non-hydrogen) atoms. The van der Waals surface area contributed by atoms with E-state index in [-0.39, 0.29) is 11.5 Å². The summed E-state index contributed by atoms with van der Waals surface area (Å²) in [5, 5.41) is 0. The van der Waals surface area contributed by atoms with Gasteiger partial charge in [-0.15, -0.1) is 0 Å². The minimum Gasteiger partial charge on any atom is -0.486 e. The Balaban J connectivity index is 1.86. The summed E-state index contributed by atoms with van der Waals surface area (Å²) < 4.78 is 11.2. The van der Waals surface area contributed by atoms with E-state index in [0.29, 0.717) is 13.2 Å². The van der Waals surface area contributed by atoms with Crippen molar-refractivity contribution in [1.29, 1.82) is 0 Å². The molecule has 0 aliphatic carbocycles. The van der Waals surface area contributed by atoms with Gasteiger partial charge in [0, 0.05) is 0 Å². The smallest absolute Gasteiger partial charge is 0.161 e. The van der Waals surface area contributed by atoms with Gasteiger partial charge in [0.15, 0.2) is 11.5 Å². The van der Waals surface area contributed by atoms with Crippen molar-refractivity contribution in [3.63, 3.8) is 0 Å². The summed E-state index contributed by atoms with van der Waals surface area (Å²) in [6, 6.07) is 14.3. The van der Waals surface area contributed by atoms with Gasteiger partial charge in [0.05, 0.1) is 6.04 Å². The summed E-state index contributed by atoms with van der Waals surface area (Å²) >= 11 is 0. The third-order valence-electron chi connectivity index (χ3n) is 4.06. The van der Waals surface area contributed by atoms with Crippen molar-refractivity contribution in [3.8, 4) is 11.5 Å². The lowest BCUT2D eigenvalue weighted by atomic mass is 9.86. The van der Waals surface area contributed by atoms with Gasteiger partial charge in [-0.2, -0.15) is 0 Å². The third kappa shape index (κ3) is 2.95. The lowest BCUT2D eigenvalue weighted by Gasteiger charge is -2.22. The number of ether oxygens (including phenoxy) is 2. The number of rotatable bonds is 2. The average Bonchev–Trinajstić information content (AvgIpc) is 2.53. The normalized spacial score (nSPS) is 15.5. The van der Waals surface area contributed by atoms with Crippen LogP contribution >= 0.6 is 0 Å². The van der Waals surface area contributed by atoms with E-state index in [1.165, 1.54) is 5.56 Å². The van der Waals surface area contributed by atoms with Gasteiger partial charge in [0.25, 0.3) is 0 Å². The molecule has 1 unspecified atom stereocenters. The van der Waals surface area contributed by atoms with E-state index in [9.17, 15) is 0 Å². The van der Waals surface area contributed by atoms with Gasteiger partial charge in [-0.3, -0.25) is 0 Å². The van der Waals surface area contributed by atoms with Gasteiger partial charge in [-0.25, -0.2) is 0 Å². The molecule has 2 aromatic carbocycles. The number of nitrogens with two attached hydrogens (primary N) is 1. The fourth-order valence-electron chi connectivity index (χ4n) is 2.64. The molecule has 3 rings (SSSR count). The summed E-state index contributed by atoms with van der Waals surface area (Å²) in [5.74, 6) is 1.58. The summed E-state index contributed by atoms with van der Waals surface area (Å²) in [5.41, 5.74) is 10.0. The number of fused-ring (bicyclic) bond motifs is 1. The van der Waals surface area contributed by atoms with Crippen LogP contribution in [0.3, 0.4) is 0 Å². The van der Waals surface area contributed by atoms with Crippen LogP contribution in [0.25, 0.3) is 0 Å². The zero-order valence-electron chi connectivity index (χ0n) is 13.4. The van der Waals surface area contributed by atoms with Crippen LogP contribution in [0.1, 0.15) is 43.5 Å². The zero-order chi connectivity index (χ0) is 15.7. The highest BCUT2D eigenvalue weighted by Crippen LogP contribution is 2.34. The van der Waals surface area contributed by atoms with E-state index in [4.69, 9.17) is 15.2 Å². The van der Waals surface area contributed by atoms with Crippen molar-refractivity contribution in [3.05, 3.63) is 59.2 Å². The maximum absolute atomic E-state index is 6.41. The second-order valence-corrected chi connectivity index (χ2v) is 6.75. The Bertz CT molecular complexity index is 656. The first-order chi connectivity index (χ1) is 10.4. The molecule has 1 atom stereocenters. The van der Waals surface area contributed by atoms with Gasteiger partial charge >= 0.3 is 0 Å². The number of benzene rings is 2. The Morgan fingerprint density at radius 1 is 0.864 bits per heavy atom. The Hall–Kier alpha value is -2.00. The Morgan fingerprint density at radius 2 is 1.45 bits per heavy atom. The quantitative estimate of drug-likeness (QED) is 0.917. The highest BCUT2D eigenvalue weighted by atomic mass is 16.6. The first kappa shape index (κ1) is 14.9. The molecule has 2 aromatic rings. The topological polar surface area (TPSA) is 44.5 Å². The zero-order valence-corrected chi connectivity index (χ0v) is 13.4. The van der Waals surface area contributed by atoms with Crippen LogP contribution < -0.4 is 15.2 Å². The first-order valence-corrected chi connectivity index (χ1v) is 7.71. The molecule has 1 heterocycles. The van der Waals surface area contributed by atoms with Crippen LogP contribution in [-0.4, -0.2) is 13.2 Å². The van der Waals surface area contributed by atoms with Crippen molar-refractivity contribution in [2.75, 3.05) is 13.2 Å². The first-order valence-electron chi connectivity index (χ1n) is 7.71. The second-order valence-electron chi connectivity index (χ2n) is 6.75. The predicted molar refractivity (Wildman–Crippen MR) is 88.6 cm³/mol. The molecule has 0 saturated carbocycles.